The molecule has 1 atom stereocenters. The average Bonchev–Trinajstić information content (AvgIpc) is 2.78. The molecule has 0 aliphatic rings. The van der Waals surface area contributed by atoms with Crippen LogP contribution in [0, 0.1) is 6.92 Å². The average molecular weight is 327 g/mol. The van der Waals surface area contributed by atoms with Crippen LogP contribution in [0.2, 0.25) is 0 Å². The predicted octanol–water partition coefficient (Wildman–Crippen LogP) is 4.40. The van der Waals surface area contributed by atoms with Crippen molar-refractivity contribution in [3.8, 4) is 5.75 Å². The summed E-state index contributed by atoms with van der Waals surface area (Å²) in [4.78, 5) is 4.48. The SMILES string of the molecule is COc1cc(NC(C)c2csc(C)n2)ccc1Br. The Bertz CT molecular complexity index is 542. The fourth-order valence-electron chi connectivity index (χ4n) is 1.65. The molecule has 2 rings (SSSR count). The maximum absolute atomic E-state index is 5.28. The van der Waals surface area contributed by atoms with E-state index in [-0.39, 0.29) is 6.04 Å². The van der Waals surface area contributed by atoms with E-state index >= 15 is 0 Å². The number of nitrogens with one attached hydrogen (secondary N) is 1. The first kappa shape index (κ1) is 13.4. The number of ether oxygens (including phenoxy) is 1. The Morgan fingerprint density at radius 2 is 2.22 bits per heavy atom. The summed E-state index contributed by atoms with van der Waals surface area (Å²) in [6.07, 6.45) is 0. The zero-order valence-electron chi connectivity index (χ0n) is 10.5. The van der Waals surface area contributed by atoms with Crippen LogP contribution in [-0.2, 0) is 0 Å². The molecule has 0 saturated carbocycles. The topological polar surface area (TPSA) is 34.1 Å². The van der Waals surface area contributed by atoms with Gasteiger partial charge in [0, 0.05) is 17.1 Å². The van der Waals surface area contributed by atoms with Crippen LogP contribution in [0.15, 0.2) is 28.1 Å². The first-order valence-electron chi connectivity index (χ1n) is 5.62. The summed E-state index contributed by atoms with van der Waals surface area (Å²) in [5.74, 6) is 0.821. The second-order valence-electron chi connectivity index (χ2n) is 4.01. The molecule has 0 aliphatic carbocycles. The number of rotatable bonds is 4. The van der Waals surface area contributed by atoms with Crippen molar-refractivity contribution in [2.75, 3.05) is 12.4 Å². The van der Waals surface area contributed by atoms with Gasteiger partial charge < -0.3 is 10.1 Å². The number of hydrogen-bond donors (Lipinski definition) is 1. The van der Waals surface area contributed by atoms with E-state index in [1.54, 1.807) is 18.4 Å². The summed E-state index contributed by atoms with van der Waals surface area (Å²) in [6.45, 7) is 4.12. The van der Waals surface area contributed by atoms with Gasteiger partial charge >= 0.3 is 0 Å². The third-order valence-corrected chi connectivity index (χ3v) is 4.06. The molecule has 18 heavy (non-hydrogen) atoms. The molecule has 0 spiro atoms. The summed E-state index contributed by atoms with van der Waals surface area (Å²) in [5.41, 5.74) is 2.09. The Morgan fingerprint density at radius 3 is 2.83 bits per heavy atom. The molecule has 1 unspecified atom stereocenters. The minimum Gasteiger partial charge on any atom is -0.495 e. The number of nitrogens with zero attached hydrogens (tertiary/aromatic N) is 1. The van der Waals surface area contributed by atoms with Gasteiger partial charge in [0.25, 0.3) is 0 Å². The van der Waals surface area contributed by atoms with E-state index in [1.807, 2.05) is 25.1 Å². The first-order valence-corrected chi connectivity index (χ1v) is 7.29. The molecule has 0 radical (unpaired) electrons. The second-order valence-corrected chi connectivity index (χ2v) is 5.92. The molecule has 5 heteroatoms. The molecule has 0 aliphatic heterocycles. The molecule has 1 aromatic carbocycles. The van der Waals surface area contributed by atoms with Crippen LogP contribution in [0.4, 0.5) is 5.69 Å². The van der Waals surface area contributed by atoms with E-state index in [0.717, 1.165) is 26.6 Å². The molecule has 3 nitrogen and oxygen atoms in total. The molecule has 0 bridgehead atoms. The molecule has 96 valence electrons. The van der Waals surface area contributed by atoms with E-state index in [0.29, 0.717) is 0 Å². The van der Waals surface area contributed by atoms with Crippen LogP contribution in [0.25, 0.3) is 0 Å². The van der Waals surface area contributed by atoms with Gasteiger partial charge in [0.05, 0.1) is 28.3 Å². The smallest absolute Gasteiger partial charge is 0.135 e. The maximum Gasteiger partial charge on any atom is 0.135 e. The Hall–Kier alpha value is -1.07. The van der Waals surface area contributed by atoms with Gasteiger partial charge in [-0.3, -0.25) is 0 Å². The fourth-order valence-corrected chi connectivity index (χ4v) is 2.77. The highest BCUT2D eigenvalue weighted by atomic mass is 79.9. The van der Waals surface area contributed by atoms with Crippen molar-refractivity contribution < 1.29 is 4.74 Å². The fraction of sp³-hybridized carbons (Fsp3) is 0.308. The first-order chi connectivity index (χ1) is 8.60. The zero-order valence-corrected chi connectivity index (χ0v) is 12.9. The summed E-state index contributed by atoms with van der Waals surface area (Å²) in [7, 11) is 1.66. The number of halogens is 1. The van der Waals surface area contributed by atoms with Crippen LogP contribution in [-0.4, -0.2) is 12.1 Å². The van der Waals surface area contributed by atoms with Gasteiger partial charge in [-0.05, 0) is 41.9 Å². The Balaban J connectivity index is 2.14. The summed E-state index contributed by atoms with van der Waals surface area (Å²) in [5, 5.41) is 6.59. The van der Waals surface area contributed by atoms with Crippen molar-refractivity contribution in [2.45, 2.75) is 19.9 Å². The molecule has 1 N–H and O–H groups in total. The van der Waals surface area contributed by atoms with Crippen molar-refractivity contribution >= 4 is 33.0 Å². The van der Waals surface area contributed by atoms with E-state index < -0.39 is 0 Å². The lowest BCUT2D eigenvalue weighted by Crippen LogP contribution is -2.07. The van der Waals surface area contributed by atoms with E-state index in [2.05, 4.69) is 38.5 Å². The van der Waals surface area contributed by atoms with Gasteiger partial charge in [-0.1, -0.05) is 0 Å². The number of anilines is 1. The van der Waals surface area contributed by atoms with Crippen LogP contribution >= 0.6 is 27.3 Å². The lowest BCUT2D eigenvalue weighted by molar-refractivity contribution is 0.412. The standard InChI is InChI=1S/C13H15BrN2OS/c1-8(12-7-18-9(2)16-12)15-10-4-5-11(14)13(6-10)17-3/h4-8,15H,1-3H3. The third-order valence-electron chi connectivity index (χ3n) is 2.61. The van der Waals surface area contributed by atoms with Crippen LogP contribution in [0.5, 0.6) is 5.75 Å². The highest BCUT2D eigenvalue weighted by molar-refractivity contribution is 9.10. The quantitative estimate of drug-likeness (QED) is 0.904. The van der Waals surface area contributed by atoms with E-state index in [9.17, 15) is 0 Å². The van der Waals surface area contributed by atoms with Crippen LogP contribution in [0.1, 0.15) is 23.7 Å². The normalized spacial score (nSPS) is 12.2. The summed E-state index contributed by atoms with van der Waals surface area (Å²) < 4.78 is 6.23. The number of aryl methyl sites for hydroxylation is 1. The lowest BCUT2D eigenvalue weighted by atomic mass is 10.2. The molecule has 1 aromatic heterocycles. The van der Waals surface area contributed by atoms with Gasteiger partial charge in [0.15, 0.2) is 0 Å². The summed E-state index contributed by atoms with van der Waals surface area (Å²) in [6, 6.07) is 6.14. The molecular weight excluding hydrogens is 312 g/mol. The van der Waals surface area contributed by atoms with Crippen molar-refractivity contribution in [3.63, 3.8) is 0 Å². The van der Waals surface area contributed by atoms with Crippen molar-refractivity contribution in [1.82, 2.24) is 4.98 Å². The number of thiazole rings is 1. The van der Waals surface area contributed by atoms with Crippen molar-refractivity contribution in [3.05, 3.63) is 38.8 Å². The van der Waals surface area contributed by atoms with Crippen molar-refractivity contribution in [1.29, 1.82) is 0 Å². The lowest BCUT2D eigenvalue weighted by Gasteiger charge is -2.14. The minimum absolute atomic E-state index is 0.181. The second kappa shape index (κ2) is 5.71. The number of methoxy groups -OCH3 is 1. The number of aromatic nitrogens is 1. The predicted molar refractivity (Wildman–Crippen MR) is 79.6 cm³/mol. The molecule has 0 fully saturated rings. The molecule has 0 saturated heterocycles. The summed E-state index contributed by atoms with van der Waals surface area (Å²) >= 11 is 5.11. The van der Waals surface area contributed by atoms with E-state index in [4.69, 9.17) is 4.74 Å². The monoisotopic (exact) mass is 326 g/mol. The molecule has 2 aromatic rings. The van der Waals surface area contributed by atoms with Gasteiger partial charge in [0.1, 0.15) is 5.75 Å². The minimum atomic E-state index is 0.181. The maximum atomic E-state index is 5.28. The Morgan fingerprint density at radius 1 is 1.44 bits per heavy atom. The molecule has 1 heterocycles. The van der Waals surface area contributed by atoms with Gasteiger partial charge in [-0.25, -0.2) is 4.98 Å². The highest BCUT2D eigenvalue weighted by Gasteiger charge is 2.09. The third kappa shape index (κ3) is 3.03. The van der Waals surface area contributed by atoms with Crippen LogP contribution in [0.3, 0.4) is 0 Å². The highest BCUT2D eigenvalue weighted by Crippen LogP contribution is 2.29. The van der Waals surface area contributed by atoms with Gasteiger partial charge in [-0.15, -0.1) is 11.3 Å². The Labute approximate surface area is 119 Å². The number of hydrogen-bond acceptors (Lipinski definition) is 4. The largest absolute Gasteiger partial charge is 0.495 e. The van der Waals surface area contributed by atoms with E-state index in [1.165, 1.54) is 0 Å². The van der Waals surface area contributed by atoms with Crippen LogP contribution < -0.4 is 10.1 Å². The molecule has 0 amide bonds. The zero-order chi connectivity index (χ0) is 13.1. The van der Waals surface area contributed by atoms with Crippen molar-refractivity contribution in [2.24, 2.45) is 0 Å². The Kier molecular flexibility index (Phi) is 4.24. The number of benzene rings is 1. The van der Waals surface area contributed by atoms with Gasteiger partial charge in [-0.2, -0.15) is 0 Å². The molecular formula is C13H15BrN2OS. The van der Waals surface area contributed by atoms with Gasteiger partial charge in [0.2, 0.25) is 0 Å².